The van der Waals surface area contributed by atoms with Crippen LogP contribution in [0.5, 0.6) is 0 Å². The fourth-order valence-electron chi connectivity index (χ4n) is 2.65. The van der Waals surface area contributed by atoms with E-state index < -0.39 is 35.0 Å². The number of rotatable bonds is 3. The lowest BCUT2D eigenvalue weighted by molar-refractivity contribution is -0.141. The molecule has 0 aliphatic carbocycles. The number of nitrogens with zero attached hydrogens (tertiary/aromatic N) is 1. The highest BCUT2D eigenvalue weighted by Crippen LogP contribution is 2.40. The number of halogens is 6. The number of benzene rings is 2. The minimum absolute atomic E-state index is 0.0809. The molecule has 152 valence electrons. The van der Waals surface area contributed by atoms with E-state index in [2.05, 4.69) is 15.0 Å². The molecule has 0 bridgehead atoms. The number of hydrogen-bond donors (Lipinski definition) is 1. The zero-order chi connectivity index (χ0) is 21.4. The van der Waals surface area contributed by atoms with Crippen LogP contribution in [0.25, 0.3) is 11.1 Å². The van der Waals surface area contributed by atoms with Crippen molar-refractivity contribution in [2.24, 2.45) is 0 Å². The second kappa shape index (κ2) is 7.26. The lowest BCUT2D eigenvalue weighted by Gasteiger charge is -2.16. The molecule has 4 nitrogen and oxygen atoms in total. The molecule has 0 saturated heterocycles. The van der Waals surface area contributed by atoms with Gasteiger partial charge in [-0.15, -0.1) is 0 Å². The van der Waals surface area contributed by atoms with Crippen molar-refractivity contribution in [3.8, 4) is 11.1 Å². The molecule has 3 aromatic rings. The van der Waals surface area contributed by atoms with Crippen LogP contribution in [0.1, 0.15) is 27.2 Å². The van der Waals surface area contributed by atoms with Gasteiger partial charge < -0.3 is 9.84 Å². The maximum atomic E-state index is 13.3. The predicted octanol–water partition coefficient (Wildman–Crippen LogP) is 5.94. The molecule has 10 heteroatoms. The number of aromatic nitrogens is 1. The Balaban J connectivity index is 1.94. The first-order valence-electron chi connectivity index (χ1n) is 8.08. The summed E-state index contributed by atoms with van der Waals surface area (Å²) in [7, 11) is 0. The lowest BCUT2D eigenvalue weighted by atomic mass is 9.96. The molecule has 2 aromatic carbocycles. The van der Waals surface area contributed by atoms with Gasteiger partial charge in [0.1, 0.15) is 11.8 Å². The van der Waals surface area contributed by atoms with E-state index in [1.807, 2.05) is 0 Å². The van der Waals surface area contributed by atoms with Crippen LogP contribution in [-0.4, -0.2) is 11.1 Å². The lowest BCUT2D eigenvalue weighted by Crippen LogP contribution is -2.12. The molecule has 0 aliphatic rings. The molecular weight excluding hydrogens is 402 g/mol. The summed E-state index contributed by atoms with van der Waals surface area (Å²) < 4.78 is 83.3. The fourth-order valence-corrected chi connectivity index (χ4v) is 2.65. The molecular formula is C19H12F6N2O2. The Morgan fingerprint density at radius 1 is 0.966 bits per heavy atom. The van der Waals surface area contributed by atoms with Crippen LogP contribution in [0.2, 0.25) is 0 Å². The van der Waals surface area contributed by atoms with Crippen LogP contribution in [0.15, 0.2) is 53.3 Å². The van der Waals surface area contributed by atoms with Crippen LogP contribution >= 0.6 is 0 Å². The largest absolute Gasteiger partial charge is 0.417 e. The third-order valence-electron chi connectivity index (χ3n) is 4.10. The maximum Gasteiger partial charge on any atom is 0.417 e. The number of carbonyl (C=O) groups excluding carboxylic acids is 1. The van der Waals surface area contributed by atoms with E-state index in [-0.39, 0.29) is 16.8 Å². The van der Waals surface area contributed by atoms with Gasteiger partial charge in [-0.05, 0) is 48.4 Å². The normalized spacial score (nSPS) is 12.1. The first-order chi connectivity index (χ1) is 13.5. The number of aryl methyl sites for hydroxylation is 1. The number of nitrogens with one attached hydrogen (secondary N) is 1. The summed E-state index contributed by atoms with van der Waals surface area (Å²) in [6.45, 7) is 1.55. The van der Waals surface area contributed by atoms with E-state index in [0.717, 1.165) is 6.26 Å². The van der Waals surface area contributed by atoms with E-state index in [1.165, 1.54) is 24.3 Å². The van der Waals surface area contributed by atoms with Gasteiger partial charge >= 0.3 is 12.4 Å². The molecule has 0 atom stereocenters. The van der Waals surface area contributed by atoms with Gasteiger partial charge in [-0.1, -0.05) is 17.3 Å². The average molecular weight is 414 g/mol. The molecule has 1 N–H and O–H groups in total. The summed E-state index contributed by atoms with van der Waals surface area (Å²) in [4.78, 5) is 12.1. The Morgan fingerprint density at radius 2 is 1.62 bits per heavy atom. The van der Waals surface area contributed by atoms with Crippen molar-refractivity contribution in [3.63, 3.8) is 0 Å². The Morgan fingerprint density at radius 3 is 2.14 bits per heavy atom. The first kappa shape index (κ1) is 20.4. The number of amides is 1. The Kier molecular flexibility index (Phi) is 5.12. The summed E-state index contributed by atoms with van der Waals surface area (Å²) >= 11 is 0. The van der Waals surface area contributed by atoms with Gasteiger partial charge in [-0.3, -0.25) is 4.79 Å². The average Bonchev–Trinajstić information content (AvgIpc) is 3.06. The van der Waals surface area contributed by atoms with Crippen molar-refractivity contribution in [2.75, 3.05) is 5.32 Å². The van der Waals surface area contributed by atoms with Gasteiger partial charge in [0, 0.05) is 5.69 Å². The number of anilines is 1. The van der Waals surface area contributed by atoms with Crippen LogP contribution < -0.4 is 5.32 Å². The smallest absolute Gasteiger partial charge is 0.364 e. The summed E-state index contributed by atoms with van der Waals surface area (Å²) in [5, 5.41) is 6.06. The van der Waals surface area contributed by atoms with Crippen molar-refractivity contribution >= 4 is 11.6 Å². The minimum atomic E-state index is -4.84. The second-order valence-corrected chi connectivity index (χ2v) is 6.10. The standard InChI is InChI=1S/C19H12F6N2O2/c1-10-15(9-29-27-10)17(28)26-13-5-2-11(3-6-13)14-8-12(18(20,21)22)4-7-16(14)19(23,24)25/h2-9H,1H3,(H,26,28). The minimum Gasteiger partial charge on any atom is -0.364 e. The molecule has 0 unspecified atom stereocenters. The second-order valence-electron chi connectivity index (χ2n) is 6.10. The van der Waals surface area contributed by atoms with E-state index in [1.54, 1.807) is 6.92 Å². The zero-order valence-corrected chi connectivity index (χ0v) is 14.7. The number of carbonyl (C=O) groups is 1. The number of hydrogen-bond acceptors (Lipinski definition) is 3. The van der Waals surface area contributed by atoms with E-state index in [4.69, 9.17) is 0 Å². The van der Waals surface area contributed by atoms with Gasteiger partial charge in [-0.25, -0.2) is 0 Å². The van der Waals surface area contributed by atoms with Gasteiger partial charge in [0.2, 0.25) is 0 Å². The molecule has 1 amide bonds. The van der Waals surface area contributed by atoms with Crippen molar-refractivity contribution < 1.29 is 35.7 Å². The van der Waals surface area contributed by atoms with Crippen molar-refractivity contribution in [3.05, 3.63) is 71.1 Å². The molecule has 3 rings (SSSR count). The van der Waals surface area contributed by atoms with Gasteiger partial charge in [0.15, 0.2) is 0 Å². The molecule has 1 aromatic heterocycles. The van der Waals surface area contributed by atoms with Crippen LogP contribution in [0.3, 0.4) is 0 Å². The van der Waals surface area contributed by atoms with Crippen LogP contribution in [0.4, 0.5) is 32.0 Å². The summed E-state index contributed by atoms with van der Waals surface area (Å²) in [6, 6.07) is 6.22. The van der Waals surface area contributed by atoms with E-state index in [0.29, 0.717) is 23.9 Å². The third-order valence-corrected chi connectivity index (χ3v) is 4.10. The Labute approximate surface area is 160 Å². The topological polar surface area (TPSA) is 55.1 Å². The molecule has 0 radical (unpaired) electrons. The van der Waals surface area contributed by atoms with Gasteiger partial charge in [-0.2, -0.15) is 26.3 Å². The van der Waals surface area contributed by atoms with Crippen molar-refractivity contribution in [2.45, 2.75) is 19.3 Å². The molecule has 0 spiro atoms. The quantitative estimate of drug-likeness (QED) is 0.540. The van der Waals surface area contributed by atoms with E-state index in [9.17, 15) is 31.1 Å². The van der Waals surface area contributed by atoms with Gasteiger partial charge in [0.05, 0.1) is 16.8 Å². The van der Waals surface area contributed by atoms with Crippen LogP contribution in [0, 0.1) is 6.92 Å². The zero-order valence-electron chi connectivity index (χ0n) is 14.7. The summed E-state index contributed by atoms with van der Waals surface area (Å²) in [5.41, 5.74) is -2.32. The third kappa shape index (κ3) is 4.41. The summed E-state index contributed by atoms with van der Waals surface area (Å²) in [6.07, 6.45) is -8.49. The van der Waals surface area contributed by atoms with Gasteiger partial charge in [0.25, 0.3) is 5.91 Å². The molecule has 0 aliphatic heterocycles. The van der Waals surface area contributed by atoms with Crippen molar-refractivity contribution in [1.82, 2.24) is 5.16 Å². The maximum absolute atomic E-state index is 13.3. The highest BCUT2D eigenvalue weighted by molar-refractivity contribution is 6.04. The Hall–Kier alpha value is -3.30. The molecule has 29 heavy (non-hydrogen) atoms. The van der Waals surface area contributed by atoms with E-state index >= 15 is 0 Å². The SMILES string of the molecule is Cc1nocc1C(=O)Nc1ccc(-c2cc(C(F)(F)F)ccc2C(F)(F)F)cc1. The fraction of sp³-hybridized carbons (Fsp3) is 0.158. The van der Waals surface area contributed by atoms with Crippen LogP contribution in [-0.2, 0) is 12.4 Å². The van der Waals surface area contributed by atoms with Crippen molar-refractivity contribution in [1.29, 1.82) is 0 Å². The Bertz CT molecular complexity index is 1040. The number of alkyl halides is 6. The highest BCUT2D eigenvalue weighted by Gasteiger charge is 2.37. The molecule has 1 heterocycles. The molecule has 0 fully saturated rings. The predicted molar refractivity (Wildman–Crippen MR) is 91.1 cm³/mol. The molecule has 0 saturated carbocycles. The summed E-state index contributed by atoms with van der Waals surface area (Å²) in [5.74, 6) is -0.549. The highest BCUT2D eigenvalue weighted by atomic mass is 19.4. The monoisotopic (exact) mass is 414 g/mol. The first-order valence-corrected chi connectivity index (χ1v) is 8.08.